The van der Waals surface area contributed by atoms with Gasteiger partial charge in [-0.3, -0.25) is 0 Å². The van der Waals surface area contributed by atoms with E-state index in [1.54, 1.807) is 0 Å². The van der Waals surface area contributed by atoms with Gasteiger partial charge in [-0.05, 0) is 49.5 Å². The van der Waals surface area contributed by atoms with Crippen molar-refractivity contribution in [1.82, 2.24) is 10.2 Å². The standard InChI is InChI=1S/C16H23ClN2O2/c1-12-2-5-19(6-3-12)7-4-18-10-13-8-14(17)16-15(9-13)20-11-21-16/h8-9,12,18H,2-7,10-11H2,1H3. The second kappa shape index (κ2) is 6.86. The van der Waals surface area contributed by atoms with Gasteiger partial charge >= 0.3 is 0 Å². The highest BCUT2D eigenvalue weighted by atomic mass is 35.5. The van der Waals surface area contributed by atoms with Gasteiger partial charge in [-0.15, -0.1) is 0 Å². The lowest BCUT2D eigenvalue weighted by Crippen LogP contribution is -2.37. The highest BCUT2D eigenvalue weighted by Crippen LogP contribution is 2.39. The van der Waals surface area contributed by atoms with Crippen LogP contribution in [-0.2, 0) is 6.54 Å². The molecule has 0 unspecified atom stereocenters. The maximum atomic E-state index is 6.18. The average Bonchev–Trinajstić information content (AvgIpc) is 2.94. The van der Waals surface area contributed by atoms with Crippen LogP contribution >= 0.6 is 11.6 Å². The van der Waals surface area contributed by atoms with Gasteiger partial charge in [0.15, 0.2) is 11.5 Å². The monoisotopic (exact) mass is 310 g/mol. The van der Waals surface area contributed by atoms with Gasteiger partial charge in [0.2, 0.25) is 6.79 Å². The van der Waals surface area contributed by atoms with E-state index in [2.05, 4.69) is 17.1 Å². The molecule has 1 aromatic carbocycles. The summed E-state index contributed by atoms with van der Waals surface area (Å²) in [5.41, 5.74) is 1.14. The second-order valence-electron chi connectivity index (χ2n) is 6.01. The maximum Gasteiger partial charge on any atom is 0.231 e. The SMILES string of the molecule is CC1CCN(CCNCc2cc(Cl)c3c(c2)OCO3)CC1. The van der Waals surface area contributed by atoms with E-state index in [9.17, 15) is 0 Å². The number of halogens is 1. The van der Waals surface area contributed by atoms with Gasteiger partial charge < -0.3 is 19.7 Å². The Labute approximate surface area is 131 Å². The summed E-state index contributed by atoms with van der Waals surface area (Å²) < 4.78 is 10.7. The molecular weight excluding hydrogens is 288 g/mol. The summed E-state index contributed by atoms with van der Waals surface area (Å²) in [6.45, 7) is 8.00. The first-order valence-corrected chi connectivity index (χ1v) is 8.11. The predicted molar refractivity (Wildman–Crippen MR) is 84.1 cm³/mol. The average molecular weight is 311 g/mol. The van der Waals surface area contributed by atoms with Crippen LogP contribution in [-0.4, -0.2) is 37.9 Å². The third-order valence-electron chi connectivity index (χ3n) is 4.30. The Morgan fingerprint density at radius 1 is 1.29 bits per heavy atom. The highest BCUT2D eigenvalue weighted by molar-refractivity contribution is 6.32. The molecule has 4 nitrogen and oxygen atoms in total. The van der Waals surface area contributed by atoms with Gasteiger partial charge in [0.1, 0.15) is 0 Å². The molecule has 1 N–H and O–H groups in total. The third kappa shape index (κ3) is 3.82. The summed E-state index contributed by atoms with van der Waals surface area (Å²) >= 11 is 6.18. The fourth-order valence-corrected chi connectivity index (χ4v) is 3.17. The van der Waals surface area contributed by atoms with Crippen molar-refractivity contribution in [2.75, 3.05) is 33.0 Å². The van der Waals surface area contributed by atoms with E-state index in [0.717, 1.165) is 36.9 Å². The number of likely N-dealkylation sites (tertiary alicyclic amines) is 1. The van der Waals surface area contributed by atoms with Gasteiger partial charge in [0, 0.05) is 19.6 Å². The molecule has 0 atom stereocenters. The number of hydrogen-bond donors (Lipinski definition) is 1. The summed E-state index contributed by atoms with van der Waals surface area (Å²) in [4.78, 5) is 2.54. The normalized spacial score (nSPS) is 19.1. The molecule has 1 fully saturated rings. The van der Waals surface area contributed by atoms with Gasteiger partial charge in [0.05, 0.1) is 5.02 Å². The van der Waals surface area contributed by atoms with E-state index in [-0.39, 0.29) is 6.79 Å². The van der Waals surface area contributed by atoms with Gasteiger partial charge in [-0.2, -0.15) is 0 Å². The zero-order valence-electron chi connectivity index (χ0n) is 12.5. The first-order chi connectivity index (χ1) is 10.2. The van der Waals surface area contributed by atoms with Crippen LogP contribution in [0.5, 0.6) is 11.5 Å². The molecule has 3 rings (SSSR count). The largest absolute Gasteiger partial charge is 0.454 e. The Morgan fingerprint density at radius 3 is 2.90 bits per heavy atom. The minimum atomic E-state index is 0.263. The van der Waals surface area contributed by atoms with Crippen molar-refractivity contribution in [1.29, 1.82) is 0 Å². The molecule has 5 heteroatoms. The van der Waals surface area contributed by atoms with Gasteiger partial charge in [0.25, 0.3) is 0 Å². The second-order valence-corrected chi connectivity index (χ2v) is 6.42. The van der Waals surface area contributed by atoms with E-state index in [1.807, 2.05) is 12.1 Å². The molecule has 0 saturated carbocycles. The molecule has 2 aliphatic rings. The van der Waals surface area contributed by atoms with Crippen molar-refractivity contribution in [3.05, 3.63) is 22.7 Å². The Kier molecular flexibility index (Phi) is 4.88. The third-order valence-corrected chi connectivity index (χ3v) is 4.58. The van der Waals surface area contributed by atoms with Gasteiger partial charge in [-0.1, -0.05) is 18.5 Å². The first kappa shape index (κ1) is 14.9. The van der Waals surface area contributed by atoms with Crippen LogP contribution < -0.4 is 14.8 Å². The molecule has 0 radical (unpaired) electrons. The summed E-state index contributed by atoms with van der Waals surface area (Å²) in [5, 5.41) is 4.11. The lowest BCUT2D eigenvalue weighted by Gasteiger charge is -2.30. The molecule has 2 aliphatic heterocycles. The molecule has 0 spiro atoms. The molecule has 2 heterocycles. The summed E-state index contributed by atoms with van der Waals surface area (Å²) in [5.74, 6) is 2.32. The molecular formula is C16H23ClN2O2. The van der Waals surface area contributed by atoms with Crippen molar-refractivity contribution in [3.8, 4) is 11.5 Å². The van der Waals surface area contributed by atoms with Crippen molar-refractivity contribution < 1.29 is 9.47 Å². The Balaban J connectivity index is 1.42. The molecule has 0 bridgehead atoms. The van der Waals surface area contributed by atoms with Crippen LogP contribution in [0.3, 0.4) is 0 Å². The molecule has 0 aliphatic carbocycles. The Bertz CT molecular complexity index is 487. The smallest absolute Gasteiger partial charge is 0.231 e. The summed E-state index contributed by atoms with van der Waals surface area (Å²) in [6.07, 6.45) is 2.66. The van der Waals surface area contributed by atoms with E-state index in [1.165, 1.54) is 25.9 Å². The zero-order valence-corrected chi connectivity index (χ0v) is 13.3. The molecule has 0 aromatic heterocycles. The lowest BCUT2D eigenvalue weighted by molar-refractivity contribution is 0.174. The fraction of sp³-hybridized carbons (Fsp3) is 0.625. The Morgan fingerprint density at radius 2 is 2.10 bits per heavy atom. The number of nitrogens with one attached hydrogen (secondary N) is 1. The molecule has 1 saturated heterocycles. The molecule has 1 aromatic rings. The van der Waals surface area contributed by atoms with Crippen molar-refractivity contribution in [2.24, 2.45) is 5.92 Å². The zero-order chi connectivity index (χ0) is 14.7. The highest BCUT2D eigenvalue weighted by Gasteiger charge is 2.18. The minimum Gasteiger partial charge on any atom is -0.454 e. The van der Waals surface area contributed by atoms with Gasteiger partial charge in [-0.25, -0.2) is 0 Å². The topological polar surface area (TPSA) is 33.7 Å². The van der Waals surface area contributed by atoms with E-state index < -0.39 is 0 Å². The number of rotatable bonds is 5. The predicted octanol–water partition coefficient (Wildman–Crippen LogP) is 2.89. The lowest BCUT2D eigenvalue weighted by atomic mass is 9.99. The van der Waals surface area contributed by atoms with Crippen LogP contribution in [0.4, 0.5) is 0 Å². The quantitative estimate of drug-likeness (QED) is 0.848. The van der Waals surface area contributed by atoms with Crippen LogP contribution in [0.25, 0.3) is 0 Å². The van der Waals surface area contributed by atoms with Crippen LogP contribution in [0.1, 0.15) is 25.3 Å². The van der Waals surface area contributed by atoms with Crippen molar-refractivity contribution >= 4 is 11.6 Å². The van der Waals surface area contributed by atoms with Crippen LogP contribution in [0.2, 0.25) is 5.02 Å². The number of nitrogens with zero attached hydrogens (tertiary/aromatic N) is 1. The number of hydrogen-bond acceptors (Lipinski definition) is 4. The number of piperidine rings is 1. The van der Waals surface area contributed by atoms with Crippen molar-refractivity contribution in [2.45, 2.75) is 26.3 Å². The van der Waals surface area contributed by atoms with E-state index in [0.29, 0.717) is 10.8 Å². The minimum absolute atomic E-state index is 0.263. The Hall–Kier alpha value is -0.970. The number of benzene rings is 1. The first-order valence-electron chi connectivity index (χ1n) is 7.73. The fourth-order valence-electron chi connectivity index (χ4n) is 2.88. The number of fused-ring (bicyclic) bond motifs is 1. The van der Waals surface area contributed by atoms with Crippen molar-refractivity contribution in [3.63, 3.8) is 0 Å². The van der Waals surface area contributed by atoms with Crippen LogP contribution in [0, 0.1) is 5.92 Å². The van der Waals surface area contributed by atoms with E-state index >= 15 is 0 Å². The summed E-state index contributed by atoms with van der Waals surface area (Å²) in [7, 11) is 0. The van der Waals surface area contributed by atoms with Crippen LogP contribution in [0.15, 0.2) is 12.1 Å². The number of ether oxygens (including phenoxy) is 2. The van der Waals surface area contributed by atoms with E-state index in [4.69, 9.17) is 21.1 Å². The molecule has 116 valence electrons. The maximum absolute atomic E-state index is 6.18. The molecule has 21 heavy (non-hydrogen) atoms. The molecule has 0 amide bonds. The summed E-state index contributed by atoms with van der Waals surface area (Å²) in [6, 6.07) is 3.95.